The van der Waals surface area contributed by atoms with Crippen molar-refractivity contribution in [2.24, 2.45) is 7.05 Å². The monoisotopic (exact) mass is 418 g/mol. The molecule has 148 valence electrons. The number of nitrogens with one attached hydrogen (secondary N) is 1. The Morgan fingerprint density at radius 2 is 2.07 bits per heavy atom. The topological polar surface area (TPSA) is 94.8 Å². The molecule has 3 rings (SSSR count). The van der Waals surface area contributed by atoms with E-state index in [0.717, 1.165) is 29.2 Å². The highest BCUT2D eigenvalue weighted by molar-refractivity contribution is 7.99. The van der Waals surface area contributed by atoms with Gasteiger partial charge >= 0.3 is 0 Å². The van der Waals surface area contributed by atoms with E-state index in [4.69, 9.17) is 4.74 Å². The highest BCUT2D eigenvalue weighted by atomic mass is 32.2. The third-order valence-corrected chi connectivity index (χ3v) is 5.80. The molecule has 0 radical (unpaired) electrons. The zero-order valence-electron chi connectivity index (χ0n) is 16.0. The quantitative estimate of drug-likeness (QED) is 0.533. The minimum atomic E-state index is -0.148. The minimum Gasteiger partial charge on any atom is -0.485 e. The van der Waals surface area contributed by atoms with Gasteiger partial charge in [0.2, 0.25) is 11.0 Å². The fourth-order valence-corrected chi connectivity index (χ4v) is 3.95. The summed E-state index contributed by atoms with van der Waals surface area (Å²) in [5.41, 5.74) is 1.06. The lowest BCUT2D eigenvalue weighted by Crippen LogP contribution is -2.14. The molecule has 3 aromatic rings. The normalized spacial score (nSPS) is 10.8. The largest absolute Gasteiger partial charge is 0.485 e. The van der Waals surface area contributed by atoms with Gasteiger partial charge in [0.05, 0.1) is 5.75 Å². The number of hydrogen-bond donors (Lipinski definition) is 1. The highest BCUT2D eigenvalue weighted by Crippen LogP contribution is 2.21. The van der Waals surface area contributed by atoms with Gasteiger partial charge in [0, 0.05) is 13.5 Å². The Kier molecular flexibility index (Phi) is 6.99. The van der Waals surface area contributed by atoms with Crippen LogP contribution in [0.2, 0.25) is 0 Å². The molecular formula is C18H22N6O2S2. The third kappa shape index (κ3) is 5.29. The molecule has 0 aliphatic rings. The Morgan fingerprint density at radius 3 is 2.86 bits per heavy atom. The van der Waals surface area contributed by atoms with Crippen molar-refractivity contribution in [3.05, 3.63) is 40.7 Å². The first kappa shape index (κ1) is 20.3. The molecule has 1 amide bonds. The zero-order chi connectivity index (χ0) is 19.9. The van der Waals surface area contributed by atoms with Crippen molar-refractivity contribution in [3.8, 4) is 5.75 Å². The minimum absolute atomic E-state index is 0.148. The second-order valence-corrected chi connectivity index (χ2v) is 8.10. The Labute approximate surface area is 171 Å². The first-order chi connectivity index (χ1) is 13.6. The molecule has 1 aromatic carbocycles. The van der Waals surface area contributed by atoms with Crippen LogP contribution < -0.4 is 10.1 Å². The molecule has 0 bridgehead atoms. The van der Waals surface area contributed by atoms with Gasteiger partial charge in [-0.1, -0.05) is 48.2 Å². The van der Waals surface area contributed by atoms with Crippen LogP contribution in [0.3, 0.4) is 0 Å². The number of ether oxygens (including phenoxy) is 1. The van der Waals surface area contributed by atoms with Crippen molar-refractivity contribution in [2.45, 2.75) is 38.5 Å². The predicted octanol–water partition coefficient (Wildman–Crippen LogP) is 3.24. The molecule has 28 heavy (non-hydrogen) atoms. The van der Waals surface area contributed by atoms with Crippen molar-refractivity contribution in [1.29, 1.82) is 0 Å². The van der Waals surface area contributed by atoms with Gasteiger partial charge < -0.3 is 9.30 Å². The van der Waals surface area contributed by atoms with Crippen LogP contribution in [-0.2, 0) is 24.9 Å². The van der Waals surface area contributed by atoms with Gasteiger partial charge in [-0.15, -0.1) is 20.4 Å². The number of anilines is 1. The number of aromatic nitrogens is 5. The van der Waals surface area contributed by atoms with E-state index in [9.17, 15) is 4.79 Å². The lowest BCUT2D eigenvalue weighted by molar-refractivity contribution is -0.113. The standard InChI is InChI=1S/C18H22N6O2S2/c1-4-7-16-21-22-17(28-16)19-15(25)11-27-18-23-20-14(24(18)3)10-26-13-9-6-5-8-12(13)2/h5-6,8-9H,4,7,10-11H2,1-3H3,(H,19,22,25). The maximum Gasteiger partial charge on any atom is 0.236 e. The molecule has 0 saturated carbocycles. The lowest BCUT2D eigenvalue weighted by Gasteiger charge is -2.08. The molecule has 0 atom stereocenters. The van der Waals surface area contributed by atoms with Crippen LogP contribution in [0.15, 0.2) is 29.4 Å². The van der Waals surface area contributed by atoms with Crippen LogP contribution in [0.4, 0.5) is 5.13 Å². The van der Waals surface area contributed by atoms with Gasteiger partial charge in [-0.2, -0.15) is 0 Å². The average Bonchev–Trinajstić information content (AvgIpc) is 3.26. The molecular weight excluding hydrogens is 396 g/mol. The Hall–Kier alpha value is -2.46. The summed E-state index contributed by atoms with van der Waals surface area (Å²) in [6.45, 7) is 4.39. The number of thioether (sulfide) groups is 1. The summed E-state index contributed by atoms with van der Waals surface area (Å²) in [5.74, 6) is 1.58. The predicted molar refractivity (Wildman–Crippen MR) is 110 cm³/mol. The number of carbonyl (C=O) groups is 1. The third-order valence-electron chi connectivity index (χ3n) is 3.88. The van der Waals surface area contributed by atoms with Crippen LogP contribution >= 0.6 is 23.1 Å². The number of nitrogens with zero attached hydrogens (tertiary/aromatic N) is 5. The van der Waals surface area contributed by atoms with Crippen molar-refractivity contribution >= 4 is 34.1 Å². The summed E-state index contributed by atoms with van der Waals surface area (Å²) in [4.78, 5) is 12.1. The summed E-state index contributed by atoms with van der Waals surface area (Å²) in [7, 11) is 1.86. The fraction of sp³-hybridized carbons (Fsp3) is 0.389. The maximum atomic E-state index is 12.1. The van der Waals surface area contributed by atoms with Crippen LogP contribution in [0, 0.1) is 6.92 Å². The number of carbonyl (C=O) groups excluding carboxylic acids is 1. The van der Waals surface area contributed by atoms with Crippen molar-refractivity contribution < 1.29 is 9.53 Å². The molecule has 1 N–H and O–H groups in total. The molecule has 2 aromatic heterocycles. The van der Waals surface area contributed by atoms with Crippen LogP contribution in [0.1, 0.15) is 29.7 Å². The van der Waals surface area contributed by atoms with E-state index in [1.54, 1.807) is 0 Å². The Bertz CT molecular complexity index is 940. The van der Waals surface area contributed by atoms with E-state index in [0.29, 0.717) is 22.7 Å². The molecule has 2 heterocycles. The van der Waals surface area contributed by atoms with Crippen molar-refractivity contribution in [3.63, 3.8) is 0 Å². The molecule has 0 aliphatic heterocycles. The van der Waals surface area contributed by atoms with Gasteiger partial charge in [-0.3, -0.25) is 10.1 Å². The molecule has 0 spiro atoms. The van der Waals surface area contributed by atoms with Crippen LogP contribution in [0.25, 0.3) is 0 Å². The number of rotatable bonds is 9. The summed E-state index contributed by atoms with van der Waals surface area (Å²) >= 11 is 2.72. The maximum absolute atomic E-state index is 12.1. The van der Waals surface area contributed by atoms with E-state index in [-0.39, 0.29) is 11.7 Å². The molecule has 8 nitrogen and oxygen atoms in total. The average molecular weight is 419 g/mol. The molecule has 10 heteroatoms. The van der Waals surface area contributed by atoms with E-state index >= 15 is 0 Å². The van der Waals surface area contributed by atoms with Gasteiger partial charge in [-0.05, 0) is 25.0 Å². The van der Waals surface area contributed by atoms with E-state index in [1.165, 1.54) is 23.1 Å². The second kappa shape index (κ2) is 9.65. The summed E-state index contributed by atoms with van der Waals surface area (Å²) < 4.78 is 7.65. The summed E-state index contributed by atoms with van der Waals surface area (Å²) in [5, 5.41) is 21.2. The molecule has 0 unspecified atom stereocenters. The number of benzene rings is 1. The first-order valence-corrected chi connectivity index (χ1v) is 10.7. The van der Waals surface area contributed by atoms with Crippen LogP contribution in [0.5, 0.6) is 5.75 Å². The highest BCUT2D eigenvalue weighted by Gasteiger charge is 2.13. The zero-order valence-corrected chi connectivity index (χ0v) is 17.6. The van der Waals surface area contributed by atoms with Gasteiger partial charge in [0.15, 0.2) is 11.0 Å². The SMILES string of the molecule is CCCc1nnc(NC(=O)CSc2nnc(COc3ccccc3C)n2C)s1. The van der Waals surface area contributed by atoms with Gasteiger partial charge in [-0.25, -0.2) is 0 Å². The number of para-hydroxylation sites is 1. The second-order valence-electron chi connectivity index (χ2n) is 6.10. The molecule has 0 fully saturated rings. The van der Waals surface area contributed by atoms with E-state index in [1.807, 2.05) is 42.8 Å². The molecule has 0 saturated heterocycles. The van der Waals surface area contributed by atoms with E-state index < -0.39 is 0 Å². The summed E-state index contributed by atoms with van der Waals surface area (Å²) in [6.07, 6.45) is 1.87. The number of amides is 1. The summed E-state index contributed by atoms with van der Waals surface area (Å²) in [6, 6.07) is 7.82. The Balaban J connectivity index is 1.50. The van der Waals surface area contributed by atoms with E-state index in [2.05, 4.69) is 32.6 Å². The smallest absolute Gasteiger partial charge is 0.236 e. The lowest BCUT2D eigenvalue weighted by atomic mass is 10.2. The number of aryl methyl sites for hydroxylation is 2. The fourth-order valence-electron chi connectivity index (χ4n) is 2.36. The Morgan fingerprint density at radius 1 is 1.25 bits per heavy atom. The first-order valence-electron chi connectivity index (χ1n) is 8.88. The van der Waals surface area contributed by atoms with Crippen LogP contribution in [-0.4, -0.2) is 36.6 Å². The number of hydrogen-bond acceptors (Lipinski definition) is 8. The van der Waals surface area contributed by atoms with Gasteiger partial charge in [0.25, 0.3) is 0 Å². The van der Waals surface area contributed by atoms with Crippen molar-refractivity contribution in [1.82, 2.24) is 25.0 Å². The van der Waals surface area contributed by atoms with Gasteiger partial charge in [0.1, 0.15) is 17.4 Å². The van der Waals surface area contributed by atoms with Crippen molar-refractivity contribution in [2.75, 3.05) is 11.1 Å². The molecule has 0 aliphatic carbocycles.